The number of alkyl carbamates (subject to hydrolysis) is 1. The third-order valence-electron chi connectivity index (χ3n) is 7.72. The normalized spacial score (nSPS) is 13.8. The zero-order valence-corrected chi connectivity index (χ0v) is 30.2. The first-order valence-corrected chi connectivity index (χ1v) is 17.0. The van der Waals surface area contributed by atoms with Crippen LogP contribution in [0.25, 0.3) is 0 Å². The first-order valence-electron chi connectivity index (χ1n) is 17.0. The highest BCUT2D eigenvalue weighted by molar-refractivity contribution is 6.14. The maximum atomic E-state index is 13.9. The number of ketones is 1. The molecule has 0 spiro atoms. The number of carbonyl (C=O) groups excluding carboxylic acids is 5. The molecule has 4 rings (SSSR count). The number of carbonyl (C=O) groups is 5. The summed E-state index contributed by atoms with van der Waals surface area (Å²) in [4.78, 5) is 69.5. The molecule has 1 saturated heterocycles. The summed E-state index contributed by atoms with van der Waals surface area (Å²) in [5.41, 5.74) is 1.03. The molecule has 0 unspecified atom stereocenters. The topological polar surface area (TPSA) is 144 Å². The zero-order chi connectivity index (χ0) is 37.2. The molecule has 51 heavy (non-hydrogen) atoms. The van der Waals surface area contributed by atoms with Gasteiger partial charge in [0.1, 0.15) is 23.9 Å². The molecule has 1 aliphatic rings. The molecule has 1 heterocycles. The Kier molecular flexibility index (Phi) is 12.8. The van der Waals surface area contributed by atoms with Gasteiger partial charge in [-0.15, -0.1) is 0 Å². The molecule has 3 amide bonds. The van der Waals surface area contributed by atoms with Crippen LogP contribution in [0.5, 0.6) is 0 Å². The number of piperazine rings is 1. The fourth-order valence-electron chi connectivity index (χ4n) is 5.30. The summed E-state index contributed by atoms with van der Waals surface area (Å²) in [6.07, 6.45) is -1.48. The highest BCUT2D eigenvalue weighted by atomic mass is 16.6. The number of hydrogen-bond donors (Lipinski definition) is 2. The standard InChI is InChI=1S/C39H48N4O8/c1-38(2,3)50-33(44)20-19-31(41-36(47)49-26-27-13-9-7-10-14-27)35(46)40-32-25-29(17-18-30(32)34(45)28-15-11-8-12-16-28)42-21-23-43(24-22-42)37(48)51-39(4,5)6/h7-18,25,31H,19-24,26H2,1-6H3,(H,40,46)(H,41,47)/t31-/m0/s1. The minimum atomic E-state index is -1.21. The van der Waals surface area contributed by atoms with Crippen LogP contribution in [0.4, 0.5) is 21.0 Å². The van der Waals surface area contributed by atoms with Gasteiger partial charge in [0.05, 0.1) is 5.69 Å². The Balaban J connectivity index is 1.57. The van der Waals surface area contributed by atoms with Crippen LogP contribution in [-0.4, -0.2) is 78.2 Å². The van der Waals surface area contributed by atoms with Gasteiger partial charge < -0.3 is 34.6 Å². The number of hydrogen-bond acceptors (Lipinski definition) is 9. The monoisotopic (exact) mass is 700 g/mol. The van der Waals surface area contributed by atoms with Crippen molar-refractivity contribution in [3.05, 3.63) is 95.6 Å². The predicted molar refractivity (Wildman–Crippen MR) is 194 cm³/mol. The Hall–Kier alpha value is -5.39. The molecule has 1 aliphatic heterocycles. The molecule has 0 aromatic heterocycles. The van der Waals surface area contributed by atoms with Gasteiger partial charge in [-0.05, 0) is 71.7 Å². The number of anilines is 2. The van der Waals surface area contributed by atoms with E-state index in [1.54, 1.807) is 86.3 Å². The Labute approximate surface area is 299 Å². The zero-order valence-electron chi connectivity index (χ0n) is 30.2. The van der Waals surface area contributed by atoms with E-state index in [1.165, 1.54) is 0 Å². The van der Waals surface area contributed by atoms with Gasteiger partial charge >= 0.3 is 18.2 Å². The van der Waals surface area contributed by atoms with Crippen molar-refractivity contribution in [2.24, 2.45) is 0 Å². The van der Waals surface area contributed by atoms with Gasteiger partial charge in [-0.3, -0.25) is 14.4 Å². The third kappa shape index (κ3) is 12.2. The molecule has 0 saturated carbocycles. The summed E-state index contributed by atoms with van der Waals surface area (Å²) < 4.78 is 16.3. The fourth-order valence-corrected chi connectivity index (χ4v) is 5.30. The van der Waals surface area contributed by atoms with E-state index >= 15 is 0 Å². The van der Waals surface area contributed by atoms with E-state index in [0.29, 0.717) is 31.7 Å². The third-order valence-corrected chi connectivity index (χ3v) is 7.72. The van der Waals surface area contributed by atoms with E-state index in [-0.39, 0.29) is 42.6 Å². The average Bonchev–Trinajstić information content (AvgIpc) is 3.08. The smallest absolute Gasteiger partial charge is 0.410 e. The van der Waals surface area contributed by atoms with Crippen molar-refractivity contribution in [1.82, 2.24) is 10.2 Å². The lowest BCUT2D eigenvalue weighted by atomic mass is 10.00. The summed E-state index contributed by atoms with van der Waals surface area (Å²) in [5, 5.41) is 5.44. The molecule has 0 aliphatic carbocycles. The minimum Gasteiger partial charge on any atom is -0.460 e. The molecular formula is C39H48N4O8. The first-order chi connectivity index (χ1) is 24.1. The van der Waals surface area contributed by atoms with E-state index in [1.807, 2.05) is 43.9 Å². The molecule has 3 aromatic carbocycles. The predicted octanol–water partition coefficient (Wildman–Crippen LogP) is 6.33. The van der Waals surface area contributed by atoms with Gasteiger partial charge in [0.15, 0.2) is 5.78 Å². The maximum absolute atomic E-state index is 13.9. The highest BCUT2D eigenvalue weighted by Crippen LogP contribution is 2.28. The number of benzene rings is 3. The second-order valence-corrected chi connectivity index (χ2v) is 14.3. The summed E-state index contributed by atoms with van der Waals surface area (Å²) in [5.74, 6) is -1.50. The number of nitrogens with zero attached hydrogens (tertiary/aromatic N) is 2. The van der Waals surface area contributed by atoms with Crippen LogP contribution in [-0.2, 0) is 30.4 Å². The van der Waals surface area contributed by atoms with E-state index in [9.17, 15) is 24.0 Å². The second-order valence-electron chi connectivity index (χ2n) is 14.3. The van der Waals surface area contributed by atoms with Crippen LogP contribution < -0.4 is 15.5 Å². The van der Waals surface area contributed by atoms with E-state index in [0.717, 1.165) is 11.3 Å². The van der Waals surface area contributed by atoms with Gasteiger partial charge in [-0.25, -0.2) is 9.59 Å². The molecule has 12 nitrogen and oxygen atoms in total. The molecule has 3 aromatic rings. The van der Waals surface area contributed by atoms with Crippen molar-refractivity contribution in [2.45, 2.75) is 78.2 Å². The summed E-state index contributed by atoms with van der Waals surface area (Å²) >= 11 is 0. The maximum Gasteiger partial charge on any atom is 0.410 e. The Morgan fingerprint density at radius 3 is 1.98 bits per heavy atom. The minimum absolute atomic E-state index is 0.0218. The van der Waals surface area contributed by atoms with Gasteiger partial charge in [-0.2, -0.15) is 0 Å². The summed E-state index contributed by atoms with van der Waals surface area (Å²) in [7, 11) is 0. The molecular weight excluding hydrogens is 652 g/mol. The Bertz CT molecular complexity index is 1670. The van der Waals surface area contributed by atoms with E-state index in [2.05, 4.69) is 10.6 Å². The number of amides is 3. The SMILES string of the molecule is CC(C)(C)OC(=O)CC[C@H](NC(=O)OCc1ccccc1)C(=O)Nc1cc(N2CCN(C(=O)OC(C)(C)C)CC2)ccc1C(=O)c1ccccc1. The van der Waals surface area contributed by atoms with Gasteiger partial charge in [0.25, 0.3) is 0 Å². The van der Waals surface area contributed by atoms with Gasteiger partial charge in [-0.1, -0.05) is 60.7 Å². The number of rotatable bonds is 11. The van der Waals surface area contributed by atoms with Crippen LogP contribution in [0.3, 0.4) is 0 Å². The van der Waals surface area contributed by atoms with Gasteiger partial charge in [0.2, 0.25) is 5.91 Å². The molecule has 2 N–H and O–H groups in total. The molecule has 1 atom stereocenters. The number of ether oxygens (including phenoxy) is 3. The Morgan fingerprint density at radius 2 is 1.37 bits per heavy atom. The van der Waals surface area contributed by atoms with Crippen molar-refractivity contribution in [2.75, 3.05) is 36.4 Å². The van der Waals surface area contributed by atoms with Crippen LogP contribution in [0.1, 0.15) is 75.9 Å². The molecule has 0 radical (unpaired) electrons. The fraction of sp³-hybridized carbons (Fsp3) is 0.410. The van der Waals surface area contributed by atoms with E-state index in [4.69, 9.17) is 14.2 Å². The van der Waals surface area contributed by atoms with Crippen molar-refractivity contribution in [3.63, 3.8) is 0 Å². The first kappa shape index (κ1) is 38.4. The van der Waals surface area contributed by atoms with Crippen LogP contribution in [0, 0.1) is 0 Å². The van der Waals surface area contributed by atoms with E-state index < -0.39 is 35.2 Å². The number of esters is 1. The average molecular weight is 701 g/mol. The molecule has 272 valence electrons. The largest absolute Gasteiger partial charge is 0.460 e. The Morgan fingerprint density at radius 1 is 0.765 bits per heavy atom. The van der Waals surface area contributed by atoms with Crippen molar-refractivity contribution in [3.8, 4) is 0 Å². The summed E-state index contributed by atoms with van der Waals surface area (Å²) in [6.45, 7) is 12.5. The van der Waals surface area contributed by atoms with Crippen LogP contribution in [0.15, 0.2) is 78.9 Å². The quantitative estimate of drug-likeness (QED) is 0.133. The lowest BCUT2D eigenvalue weighted by Crippen LogP contribution is -2.50. The number of nitrogens with one attached hydrogen (secondary N) is 2. The van der Waals surface area contributed by atoms with Crippen molar-refractivity contribution in [1.29, 1.82) is 0 Å². The van der Waals surface area contributed by atoms with Crippen LogP contribution in [0.2, 0.25) is 0 Å². The molecule has 0 bridgehead atoms. The van der Waals surface area contributed by atoms with Crippen molar-refractivity contribution >= 4 is 41.2 Å². The lowest BCUT2D eigenvalue weighted by molar-refractivity contribution is -0.155. The van der Waals surface area contributed by atoms with Crippen molar-refractivity contribution < 1.29 is 38.2 Å². The van der Waals surface area contributed by atoms with Crippen LogP contribution >= 0.6 is 0 Å². The van der Waals surface area contributed by atoms with Gasteiger partial charge in [0, 0.05) is 49.4 Å². The summed E-state index contributed by atoms with van der Waals surface area (Å²) in [6, 6.07) is 21.7. The second kappa shape index (κ2) is 17.0. The molecule has 1 fully saturated rings. The molecule has 12 heteroatoms. The lowest BCUT2D eigenvalue weighted by Gasteiger charge is -2.37. The highest BCUT2D eigenvalue weighted by Gasteiger charge is 2.29.